The SMILES string of the molecule is C1CC1CN(C1CC1)C1CNC1. The maximum Gasteiger partial charge on any atom is 0.0348 e. The van der Waals surface area contributed by atoms with Crippen molar-refractivity contribution in [1.29, 1.82) is 0 Å². The molecular weight excluding hydrogens is 148 g/mol. The van der Waals surface area contributed by atoms with Gasteiger partial charge >= 0.3 is 0 Å². The summed E-state index contributed by atoms with van der Waals surface area (Å²) in [4.78, 5) is 2.79. The van der Waals surface area contributed by atoms with E-state index in [4.69, 9.17) is 0 Å². The topological polar surface area (TPSA) is 15.3 Å². The van der Waals surface area contributed by atoms with Gasteiger partial charge in [-0.25, -0.2) is 0 Å². The highest BCUT2D eigenvalue weighted by Crippen LogP contribution is 2.36. The molecule has 1 heterocycles. The lowest BCUT2D eigenvalue weighted by Crippen LogP contribution is -2.58. The average Bonchev–Trinajstić information content (AvgIpc) is 2.80. The van der Waals surface area contributed by atoms with E-state index in [0.29, 0.717) is 0 Å². The fraction of sp³-hybridized carbons (Fsp3) is 1.00. The molecule has 0 unspecified atom stereocenters. The van der Waals surface area contributed by atoms with Crippen LogP contribution in [0.5, 0.6) is 0 Å². The molecule has 3 rings (SSSR count). The maximum absolute atomic E-state index is 3.38. The van der Waals surface area contributed by atoms with Crippen molar-refractivity contribution < 1.29 is 0 Å². The van der Waals surface area contributed by atoms with Gasteiger partial charge in [-0.15, -0.1) is 0 Å². The van der Waals surface area contributed by atoms with Crippen LogP contribution < -0.4 is 5.32 Å². The summed E-state index contributed by atoms with van der Waals surface area (Å²) in [7, 11) is 0. The minimum atomic E-state index is 0.901. The Hall–Kier alpha value is -0.0800. The molecule has 2 nitrogen and oxygen atoms in total. The number of hydrogen-bond acceptors (Lipinski definition) is 2. The molecule has 1 aliphatic heterocycles. The van der Waals surface area contributed by atoms with Crippen LogP contribution in [0.1, 0.15) is 25.7 Å². The predicted molar refractivity (Wildman–Crippen MR) is 49.1 cm³/mol. The quantitative estimate of drug-likeness (QED) is 0.665. The van der Waals surface area contributed by atoms with Crippen LogP contribution in [0.15, 0.2) is 0 Å². The first kappa shape index (κ1) is 7.34. The first-order valence-corrected chi connectivity index (χ1v) is 5.40. The highest BCUT2D eigenvalue weighted by atomic mass is 15.3. The van der Waals surface area contributed by atoms with Gasteiger partial charge in [0.05, 0.1) is 0 Å². The fourth-order valence-electron chi connectivity index (χ4n) is 2.11. The van der Waals surface area contributed by atoms with Crippen LogP contribution in [-0.4, -0.2) is 36.6 Å². The van der Waals surface area contributed by atoms with E-state index in [2.05, 4.69) is 10.2 Å². The zero-order valence-electron chi connectivity index (χ0n) is 7.63. The average molecular weight is 166 g/mol. The molecule has 12 heavy (non-hydrogen) atoms. The third-order valence-electron chi connectivity index (χ3n) is 3.41. The van der Waals surface area contributed by atoms with Gasteiger partial charge in [0.2, 0.25) is 0 Å². The van der Waals surface area contributed by atoms with Crippen molar-refractivity contribution in [1.82, 2.24) is 10.2 Å². The van der Waals surface area contributed by atoms with Crippen molar-refractivity contribution in [3.05, 3.63) is 0 Å². The van der Waals surface area contributed by atoms with Crippen molar-refractivity contribution in [3.63, 3.8) is 0 Å². The second kappa shape index (κ2) is 2.71. The summed E-state index contributed by atoms with van der Waals surface area (Å²) in [5, 5.41) is 3.38. The second-order valence-corrected chi connectivity index (χ2v) is 4.68. The summed E-state index contributed by atoms with van der Waals surface area (Å²) in [6.45, 7) is 3.92. The number of nitrogens with zero attached hydrogens (tertiary/aromatic N) is 1. The van der Waals surface area contributed by atoms with Crippen LogP contribution in [0.2, 0.25) is 0 Å². The molecule has 0 aromatic heterocycles. The Morgan fingerprint density at radius 3 is 2.17 bits per heavy atom. The molecule has 2 saturated carbocycles. The summed E-state index contributed by atoms with van der Waals surface area (Å²) in [6.07, 6.45) is 5.96. The van der Waals surface area contributed by atoms with Crippen LogP contribution in [0.3, 0.4) is 0 Å². The minimum Gasteiger partial charge on any atom is -0.314 e. The monoisotopic (exact) mass is 166 g/mol. The predicted octanol–water partition coefficient (Wildman–Crippen LogP) is 0.833. The van der Waals surface area contributed by atoms with Crippen molar-refractivity contribution >= 4 is 0 Å². The Morgan fingerprint density at radius 1 is 1.00 bits per heavy atom. The molecule has 2 aliphatic carbocycles. The zero-order chi connectivity index (χ0) is 7.97. The molecule has 3 fully saturated rings. The Labute approximate surface area is 74.3 Å². The van der Waals surface area contributed by atoms with Gasteiger partial charge in [-0.1, -0.05) is 0 Å². The fourth-order valence-corrected chi connectivity index (χ4v) is 2.11. The Morgan fingerprint density at radius 2 is 1.75 bits per heavy atom. The molecule has 1 saturated heterocycles. The summed E-state index contributed by atoms with van der Waals surface area (Å²) >= 11 is 0. The number of hydrogen-bond donors (Lipinski definition) is 1. The van der Waals surface area contributed by atoms with Crippen LogP contribution in [-0.2, 0) is 0 Å². The van der Waals surface area contributed by atoms with Crippen LogP contribution >= 0.6 is 0 Å². The van der Waals surface area contributed by atoms with Gasteiger partial charge in [-0.05, 0) is 31.6 Å². The Bertz CT molecular complexity index is 169. The third-order valence-corrected chi connectivity index (χ3v) is 3.41. The van der Waals surface area contributed by atoms with E-state index in [1.165, 1.54) is 45.3 Å². The van der Waals surface area contributed by atoms with Gasteiger partial charge in [0, 0.05) is 31.7 Å². The lowest BCUT2D eigenvalue weighted by atomic mass is 10.1. The molecular formula is C10H18N2. The van der Waals surface area contributed by atoms with Gasteiger partial charge in [0.15, 0.2) is 0 Å². The van der Waals surface area contributed by atoms with E-state index in [9.17, 15) is 0 Å². The van der Waals surface area contributed by atoms with Crippen LogP contribution in [0, 0.1) is 5.92 Å². The van der Waals surface area contributed by atoms with Gasteiger partial charge in [0.25, 0.3) is 0 Å². The summed E-state index contributed by atoms with van der Waals surface area (Å²) < 4.78 is 0. The molecule has 0 radical (unpaired) electrons. The van der Waals surface area contributed by atoms with E-state index in [1.54, 1.807) is 0 Å². The lowest BCUT2D eigenvalue weighted by molar-refractivity contribution is 0.131. The normalized spacial score (nSPS) is 30.8. The van der Waals surface area contributed by atoms with Gasteiger partial charge < -0.3 is 5.32 Å². The highest BCUT2D eigenvalue weighted by Gasteiger charge is 2.39. The maximum atomic E-state index is 3.38. The van der Waals surface area contributed by atoms with Gasteiger partial charge in [-0.2, -0.15) is 0 Å². The third kappa shape index (κ3) is 1.38. The largest absolute Gasteiger partial charge is 0.314 e. The first-order chi connectivity index (χ1) is 5.93. The standard InChI is InChI=1S/C10H18N2/c1-2-8(1)7-12(9-3-4-9)10-5-11-6-10/h8-11H,1-7H2. The van der Waals surface area contributed by atoms with E-state index in [0.717, 1.165) is 18.0 Å². The Kier molecular flexibility index (Phi) is 1.66. The molecule has 1 N–H and O–H groups in total. The van der Waals surface area contributed by atoms with Crippen molar-refractivity contribution in [2.24, 2.45) is 5.92 Å². The molecule has 3 aliphatic rings. The molecule has 2 heteroatoms. The minimum absolute atomic E-state index is 0.901. The number of nitrogens with one attached hydrogen (secondary N) is 1. The molecule has 0 amide bonds. The molecule has 68 valence electrons. The summed E-state index contributed by atoms with van der Waals surface area (Å²) in [5.74, 6) is 1.08. The van der Waals surface area contributed by atoms with E-state index in [-0.39, 0.29) is 0 Å². The van der Waals surface area contributed by atoms with E-state index >= 15 is 0 Å². The molecule has 0 aromatic rings. The smallest absolute Gasteiger partial charge is 0.0348 e. The van der Waals surface area contributed by atoms with Gasteiger partial charge in [-0.3, -0.25) is 4.90 Å². The van der Waals surface area contributed by atoms with E-state index in [1.807, 2.05) is 0 Å². The number of rotatable bonds is 4. The first-order valence-electron chi connectivity index (χ1n) is 5.40. The van der Waals surface area contributed by atoms with E-state index < -0.39 is 0 Å². The molecule has 0 aromatic carbocycles. The van der Waals surface area contributed by atoms with Crippen molar-refractivity contribution in [2.45, 2.75) is 37.8 Å². The summed E-state index contributed by atoms with van der Waals surface area (Å²) in [6, 6.07) is 1.88. The second-order valence-electron chi connectivity index (χ2n) is 4.68. The highest BCUT2D eigenvalue weighted by molar-refractivity contribution is 4.96. The molecule has 0 bridgehead atoms. The van der Waals surface area contributed by atoms with Crippen molar-refractivity contribution in [2.75, 3.05) is 19.6 Å². The van der Waals surface area contributed by atoms with Crippen molar-refractivity contribution in [3.8, 4) is 0 Å². The van der Waals surface area contributed by atoms with Crippen LogP contribution in [0.4, 0.5) is 0 Å². The summed E-state index contributed by atoms with van der Waals surface area (Å²) in [5.41, 5.74) is 0. The zero-order valence-corrected chi connectivity index (χ0v) is 7.63. The lowest BCUT2D eigenvalue weighted by Gasteiger charge is -2.38. The molecule has 0 atom stereocenters. The van der Waals surface area contributed by atoms with Gasteiger partial charge in [0.1, 0.15) is 0 Å². The Balaban J connectivity index is 1.57. The van der Waals surface area contributed by atoms with Crippen LogP contribution in [0.25, 0.3) is 0 Å². The molecule has 0 spiro atoms.